The standard InChI is InChI=1S/C8H11N3O2/c12-8(13)7-5-9-11(10-7)4-3-6-1-2-6/h5-6H,1-4H2,(H,12,13). The lowest BCUT2D eigenvalue weighted by atomic mass is 10.3. The van der Waals surface area contributed by atoms with Gasteiger partial charge in [0.2, 0.25) is 0 Å². The Morgan fingerprint density at radius 2 is 2.46 bits per heavy atom. The number of carbonyl (C=O) groups is 1. The molecule has 0 unspecified atom stereocenters. The predicted octanol–water partition coefficient (Wildman–Crippen LogP) is 0.776. The normalized spacial score (nSPS) is 16.0. The van der Waals surface area contributed by atoms with Crippen LogP contribution < -0.4 is 0 Å². The van der Waals surface area contributed by atoms with Gasteiger partial charge in [-0.15, -0.1) is 5.10 Å². The van der Waals surface area contributed by atoms with Crippen LogP contribution >= 0.6 is 0 Å². The van der Waals surface area contributed by atoms with Crippen LogP contribution in [0.25, 0.3) is 0 Å². The monoisotopic (exact) mass is 181 g/mol. The molecule has 0 atom stereocenters. The first kappa shape index (κ1) is 8.22. The van der Waals surface area contributed by atoms with Gasteiger partial charge in [0.25, 0.3) is 0 Å². The van der Waals surface area contributed by atoms with Gasteiger partial charge >= 0.3 is 5.97 Å². The Hall–Kier alpha value is -1.39. The molecule has 0 saturated heterocycles. The summed E-state index contributed by atoms with van der Waals surface area (Å²) >= 11 is 0. The summed E-state index contributed by atoms with van der Waals surface area (Å²) in [5.74, 6) is -0.197. The average molecular weight is 181 g/mol. The number of aryl methyl sites for hydroxylation is 1. The van der Waals surface area contributed by atoms with Crippen molar-refractivity contribution in [3.63, 3.8) is 0 Å². The number of carboxylic acids is 1. The van der Waals surface area contributed by atoms with Crippen molar-refractivity contribution in [1.82, 2.24) is 15.0 Å². The quantitative estimate of drug-likeness (QED) is 0.745. The minimum atomic E-state index is -1.02. The van der Waals surface area contributed by atoms with Gasteiger partial charge in [-0.2, -0.15) is 9.90 Å². The third-order valence-corrected chi connectivity index (χ3v) is 2.19. The molecule has 1 aliphatic rings. The third kappa shape index (κ3) is 2.05. The molecular formula is C8H11N3O2. The summed E-state index contributed by atoms with van der Waals surface area (Å²) in [4.78, 5) is 11.9. The van der Waals surface area contributed by atoms with Gasteiger partial charge in [0.15, 0.2) is 5.69 Å². The fourth-order valence-electron chi connectivity index (χ4n) is 1.21. The number of rotatable bonds is 4. The number of aromatic carboxylic acids is 1. The first-order chi connectivity index (χ1) is 6.25. The maximum atomic E-state index is 10.4. The molecule has 1 N–H and O–H groups in total. The Labute approximate surface area is 75.4 Å². The number of hydrogen-bond acceptors (Lipinski definition) is 3. The first-order valence-electron chi connectivity index (χ1n) is 4.39. The minimum Gasteiger partial charge on any atom is -0.476 e. The molecule has 0 bridgehead atoms. The van der Waals surface area contributed by atoms with Crippen molar-refractivity contribution in [3.8, 4) is 0 Å². The van der Waals surface area contributed by atoms with Crippen LogP contribution in [0.1, 0.15) is 29.8 Å². The van der Waals surface area contributed by atoms with Crippen LogP contribution in [0.5, 0.6) is 0 Å². The molecule has 0 spiro atoms. The van der Waals surface area contributed by atoms with Gasteiger partial charge in [-0.25, -0.2) is 4.79 Å². The number of carboxylic acid groups (broad SMARTS) is 1. The molecule has 1 aromatic heterocycles. The molecule has 0 aliphatic heterocycles. The van der Waals surface area contributed by atoms with Crippen molar-refractivity contribution in [2.45, 2.75) is 25.8 Å². The van der Waals surface area contributed by atoms with E-state index < -0.39 is 5.97 Å². The zero-order valence-corrected chi connectivity index (χ0v) is 7.18. The molecule has 1 saturated carbocycles. The van der Waals surface area contributed by atoms with Crippen LogP contribution in [0.15, 0.2) is 6.20 Å². The fourth-order valence-corrected chi connectivity index (χ4v) is 1.21. The Morgan fingerprint density at radius 3 is 3.00 bits per heavy atom. The second-order valence-electron chi connectivity index (χ2n) is 3.36. The molecule has 0 aromatic carbocycles. The van der Waals surface area contributed by atoms with Gasteiger partial charge in [0.1, 0.15) is 0 Å². The van der Waals surface area contributed by atoms with Crippen LogP contribution in [-0.2, 0) is 6.54 Å². The van der Waals surface area contributed by atoms with Crippen molar-refractivity contribution in [3.05, 3.63) is 11.9 Å². The second-order valence-corrected chi connectivity index (χ2v) is 3.36. The van der Waals surface area contributed by atoms with E-state index in [1.165, 1.54) is 23.8 Å². The molecule has 1 fully saturated rings. The van der Waals surface area contributed by atoms with Gasteiger partial charge in [-0.05, 0) is 12.3 Å². The number of nitrogens with zero attached hydrogens (tertiary/aromatic N) is 3. The maximum Gasteiger partial charge on any atom is 0.358 e. The third-order valence-electron chi connectivity index (χ3n) is 2.19. The average Bonchev–Trinajstić information content (AvgIpc) is 2.79. The fraction of sp³-hybridized carbons (Fsp3) is 0.625. The zero-order chi connectivity index (χ0) is 9.26. The molecule has 1 heterocycles. The summed E-state index contributed by atoms with van der Waals surface area (Å²) in [6.07, 6.45) is 4.95. The molecule has 1 aliphatic carbocycles. The van der Waals surface area contributed by atoms with E-state index >= 15 is 0 Å². The highest BCUT2D eigenvalue weighted by molar-refractivity contribution is 5.84. The van der Waals surface area contributed by atoms with Crippen LogP contribution in [0.4, 0.5) is 0 Å². The van der Waals surface area contributed by atoms with Gasteiger partial charge in [0, 0.05) is 0 Å². The summed E-state index contributed by atoms with van der Waals surface area (Å²) in [6, 6.07) is 0. The lowest BCUT2D eigenvalue weighted by molar-refractivity contribution is 0.0689. The zero-order valence-electron chi connectivity index (χ0n) is 7.18. The molecular weight excluding hydrogens is 170 g/mol. The molecule has 0 amide bonds. The molecule has 1 aromatic rings. The van der Waals surface area contributed by atoms with Crippen molar-refractivity contribution in [2.75, 3.05) is 0 Å². The molecule has 0 radical (unpaired) electrons. The topological polar surface area (TPSA) is 68.0 Å². The predicted molar refractivity (Wildman–Crippen MR) is 44.3 cm³/mol. The summed E-state index contributed by atoms with van der Waals surface area (Å²) in [5.41, 5.74) is 0.0239. The largest absolute Gasteiger partial charge is 0.476 e. The van der Waals surface area contributed by atoms with Crippen molar-refractivity contribution in [2.24, 2.45) is 5.92 Å². The maximum absolute atomic E-state index is 10.4. The highest BCUT2D eigenvalue weighted by atomic mass is 16.4. The van der Waals surface area contributed by atoms with Crippen molar-refractivity contribution < 1.29 is 9.90 Å². The van der Waals surface area contributed by atoms with Gasteiger partial charge in [-0.1, -0.05) is 12.8 Å². The second kappa shape index (κ2) is 3.16. The van der Waals surface area contributed by atoms with Crippen LogP contribution in [0.3, 0.4) is 0 Å². The highest BCUT2D eigenvalue weighted by Crippen LogP contribution is 2.32. The Kier molecular flexibility index (Phi) is 2.00. The van der Waals surface area contributed by atoms with Gasteiger partial charge in [-0.3, -0.25) is 0 Å². The van der Waals surface area contributed by atoms with Gasteiger partial charge < -0.3 is 5.11 Å². The van der Waals surface area contributed by atoms with Crippen LogP contribution in [-0.4, -0.2) is 26.1 Å². The lowest BCUT2D eigenvalue weighted by Crippen LogP contribution is -2.05. The highest BCUT2D eigenvalue weighted by Gasteiger charge is 2.21. The summed E-state index contributed by atoms with van der Waals surface area (Å²) in [6.45, 7) is 0.734. The summed E-state index contributed by atoms with van der Waals surface area (Å²) < 4.78 is 0. The van der Waals surface area contributed by atoms with Crippen LogP contribution in [0.2, 0.25) is 0 Å². The van der Waals surface area contributed by atoms with Crippen molar-refractivity contribution in [1.29, 1.82) is 0 Å². The number of aromatic nitrogens is 3. The Morgan fingerprint density at radius 1 is 1.69 bits per heavy atom. The molecule has 70 valence electrons. The van der Waals surface area contributed by atoms with E-state index in [9.17, 15) is 4.79 Å². The minimum absolute atomic E-state index is 0.0239. The van der Waals surface area contributed by atoms with E-state index in [0.717, 1.165) is 18.9 Å². The SMILES string of the molecule is O=C(O)c1cnn(CCC2CC2)n1. The van der Waals surface area contributed by atoms with E-state index in [-0.39, 0.29) is 5.69 Å². The Balaban J connectivity index is 1.92. The smallest absolute Gasteiger partial charge is 0.358 e. The van der Waals surface area contributed by atoms with E-state index in [4.69, 9.17) is 5.11 Å². The van der Waals surface area contributed by atoms with E-state index in [1.807, 2.05) is 0 Å². The van der Waals surface area contributed by atoms with Gasteiger partial charge in [0.05, 0.1) is 12.7 Å². The number of hydrogen-bond donors (Lipinski definition) is 1. The first-order valence-corrected chi connectivity index (χ1v) is 4.39. The molecule has 5 heteroatoms. The lowest BCUT2D eigenvalue weighted by Gasteiger charge is -1.95. The van der Waals surface area contributed by atoms with Crippen molar-refractivity contribution >= 4 is 5.97 Å². The Bertz CT molecular complexity index is 317. The molecule has 2 rings (SSSR count). The van der Waals surface area contributed by atoms with E-state index in [2.05, 4.69) is 10.2 Å². The van der Waals surface area contributed by atoms with Crippen LogP contribution in [0, 0.1) is 5.92 Å². The summed E-state index contributed by atoms with van der Waals surface area (Å²) in [7, 11) is 0. The molecule has 5 nitrogen and oxygen atoms in total. The molecule has 13 heavy (non-hydrogen) atoms. The van der Waals surface area contributed by atoms with E-state index in [1.54, 1.807) is 0 Å². The summed E-state index contributed by atoms with van der Waals surface area (Å²) in [5, 5.41) is 16.2. The van der Waals surface area contributed by atoms with E-state index in [0.29, 0.717) is 0 Å².